The minimum Gasteiger partial charge on any atom is -0.492 e. The van der Waals surface area contributed by atoms with Crippen molar-refractivity contribution in [1.82, 2.24) is 15.5 Å². The standard InChI is InChI=1S/C20H26F2N4O2S.HI/c1-23-20(24-6-9-28-15-4-5-16(21)17(22)13-15)25-14-18(19-3-2-12-29-19)26-7-10-27-11-8-26;/h2-5,12-13,18H,6-11,14H2,1H3,(H2,23,24,25);1H. The molecule has 1 aliphatic rings. The molecule has 1 aromatic carbocycles. The fraction of sp³-hybridized carbons (Fsp3) is 0.450. The quantitative estimate of drug-likeness (QED) is 0.228. The van der Waals surface area contributed by atoms with E-state index in [-0.39, 0.29) is 30.0 Å². The van der Waals surface area contributed by atoms with Gasteiger partial charge < -0.3 is 20.1 Å². The van der Waals surface area contributed by atoms with Crippen molar-refractivity contribution < 1.29 is 18.3 Å². The number of aliphatic imine (C=N–C) groups is 1. The third-order valence-corrected chi connectivity index (χ3v) is 5.57. The topological polar surface area (TPSA) is 58.1 Å². The maximum Gasteiger partial charge on any atom is 0.191 e. The zero-order chi connectivity index (χ0) is 20.5. The number of hydrogen-bond acceptors (Lipinski definition) is 5. The lowest BCUT2D eigenvalue weighted by Gasteiger charge is -2.34. The summed E-state index contributed by atoms with van der Waals surface area (Å²) >= 11 is 1.75. The molecule has 2 heterocycles. The van der Waals surface area contributed by atoms with Crippen LogP contribution in [0.1, 0.15) is 10.9 Å². The van der Waals surface area contributed by atoms with Gasteiger partial charge in [0.05, 0.1) is 25.8 Å². The Hall–Kier alpha value is -1.50. The summed E-state index contributed by atoms with van der Waals surface area (Å²) < 4.78 is 37.1. The molecule has 1 fully saturated rings. The third kappa shape index (κ3) is 7.33. The molecule has 0 amide bonds. The van der Waals surface area contributed by atoms with Crippen LogP contribution in [-0.2, 0) is 4.74 Å². The molecule has 2 N–H and O–H groups in total. The van der Waals surface area contributed by atoms with Gasteiger partial charge in [0, 0.05) is 37.6 Å². The number of nitrogens with zero attached hydrogens (tertiary/aromatic N) is 2. The first-order valence-electron chi connectivity index (χ1n) is 9.55. The number of halogens is 3. The van der Waals surface area contributed by atoms with E-state index in [1.807, 2.05) is 0 Å². The second-order valence-corrected chi connectivity index (χ2v) is 7.46. The highest BCUT2D eigenvalue weighted by atomic mass is 127. The van der Waals surface area contributed by atoms with Gasteiger partial charge in [-0.05, 0) is 23.6 Å². The molecule has 1 aromatic heterocycles. The Morgan fingerprint density at radius 1 is 1.23 bits per heavy atom. The van der Waals surface area contributed by atoms with Gasteiger partial charge in [0.2, 0.25) is 0 Å². The molecule has 3 rings (SSSR count). The van der Waals surface area contributed by atoms with E-state index in [1.165, 1.54) is 10.9 Å². The molecule has 2 aromatic rings. The van der Waals surface area contributed by atoms with E-state index in [4.69, 9.17) is 9.47 Å². The van der Waals surface area contributed by atoms with Gasteiger partial charge in [-0.2, -0.15) is 0 Å². The summed E-state index contributed by atoms with van der Waals surface area (Å²) in [5, 5.41) is 8.63. The molecule has 0 spiro atoms. The van der Waals surface area contributed by atoms with Crippen LogP contribution in [0.5, 0.6) is 5.75 Å². The molecular formula is C20H27F2IN4O2S. The molecule has 30 heavy (non-hydrogen) atoms. The number of thiophene rings is 1. The Labute approximate surface area is 196 Å². The van der Waals surface area contributed by atoms with Gasteiger partial charge in [-0.1, -0.05) is 6.07 Å². The van der Waals surface area contributed by atoms with Gasteiger partial charge in [0.25, 0.3) is 0 Å². The molecule has 0 saturated carbocycles. The second-order valence-electron chi connectivity index (χ2n) is 6.48. The van der Waals surface area contributed by atoms with Gasteiger partial charge in [-0.25, -0.2) is 8.78 Å². The molecule has 10 heteroatoms. The summed E-state index contributed by atoms with van der Waals surface area (Å²) in [4.78, 5) is 7.97. The average molecular weight is 552 g/mol. The molecule has 0 bridgehead atoms. The van der Waals surface area contributed by atoms with Gasteiger partial charge in [0.1, 0.15) is 12.4 Å². The molecule has 166 valence electrons. The maximum atomic E-state index is 13.2. The zero-order valence-electron chi connectivity index (χ0n) is 16.8. The first-order valence-corrected chi connectivity index (χ1v) is 10.4. The molecule has 1 aliphatic heterocycles. The third-order valence-electron chi connectivity index (χ3n) is 4.60. The summed E-state index contributed by atoms with van der Waals surface area (Å²) in [6, 6.07) is 7.95. The summed E-state index contributed by atoms with van der Waals surface area (Å²) in [7, 11) is 1.71. The molecule has 1 unspecified atom stereocenters. The number of rotatable bonds is 8. The van der Waals surface area contributed by atoms with E-state index in [9.17, 15) is 8.78 Å². The summed E-state index contributed by atoms with van der Waals surface area (Å²) in [5.74, 6) is -0.858. The first kappa shape index (κ1) is 24.8. The Kier molecular flexibility index (Phi) is 10.8. The number of guanidine groups is 1. The van der Waals surface area contributed by atoms with Crippen LogP contribution in [0, 0.1) is 11.6 Å². The molecule has 1 atom stereocenters. The van der Waals surface area contributed by atoms with Crippen LogP contribution >= 0.6 is 35.3 Å². The van der Waals surface area contributed by atoms with E-state index in [0.717, 1.165) is 38.4 Å². The maximum absolute atomic E-state index is 13.2. The van der Waals surface area contributed by atoms with E-state index < -0.39 is 11.6 Å². The summed E-state index contributed by atoms with van der Waals surface area (Å²) in [5.41, 5.74) is 0. The smallest absolute Gasteiger partial charge is 0.191 e. The normalized spacial score (nSPS) is 15.9. The van der Waals surface area contributed by atoms with Crippen molar-refractivity contribution in [3.05, 3.63) is 52.2 Å². The SMILES string of the molecule is CN=C(NCCOc1ccc(F)c(F)c1)NCC(c1cccs1)N1CCOCC1.I. The molecule has 0 aliphatic carbocycles. The molecule has 6 nitrogen and oxygen atoms in total. The monoisotopic (exact) mass is 552 g/mol. The van der Waals surface area contributed by atoms with E-state index in [1.54, 1.807) is 18.4 Å². The van der Waals surface area contributed by atoms with E-state index >= 15 is 0 Å². The Morgan fingerprint density at radius 3 is 2.70 bits per heavy atom. The lowest BCUT2D eigenvalue weighted by Crippen LogP contribution is -2.46. The van der Waals surface area contributed by atoms with Crippen LogP contribution in [0.3, 0.4) is 0 Å². The minimum atomic E-state index is -0.921. The van der Waals surface area contributed by atoms with Crippen LogP contribution in [-0.4, -0.2) is 63.9 Å². The van der Waals surface area contributed by atoms with Crippen molar-refractivity contribution >= 4 is 41.3 Å². The van der Waals surface area contributed by atoms with Crippen molar-refractivity contribution in [3.63, 3.8) is 0 Å². The summed E-state index contributed by atoms with van der Waals surface area (Å²) in [6.07, 6.45) is 0. The van der Waals surface area contributed by atoms with Crippen LogP contribution in [0.15, 0.2) is 40.7 Å². The average Bonchev–Trinajstić information content (AvgIpc) is 3.27. The van der Waals surface area contributed by atoms with Gasteiger partial charge in [-0.15, -0.1) is 35.3 Å². The highest BCUT2D eigenvalue weighted by Crippen LogP contribution is 2.25. The second kappa shape index (κ2) is 13.0. The Morgan fingerprint density at radius 2 is 2.03 bits per heavy atom. The Bertz CT molecular complexity index is 789. The highest BCUT2D eigenvalue weighted by molar-refractivity contribution is 14.0. The number of benzene rings is 1. The molecule has 1 saturated heterocycles. The minimum absolute atomic E-state index is 0. The van der Waals surface area contributed by atoms with E-state index in [0.29, 0.717) is 31.4 Å². The fourth-order valence-corrected chi connectivity index (χ4v) is 3.96. The molecule has 0 radical (unpaired) electrons. The molecular weight excluding hydrogens is 525 g/mol. The van der Waals surface area contributed by atoms with Gasteiger partial charge >= 0.3 is 0 Å². The van der Waals surface area contributed by atoms with Gasteiger partial charge in [0.15, 0.2) is 17.6 Å². The van der Waals surface area contributed by atoms with Crippen molar-refractivity contribution in [2.75, 3.05) is 53.0 Å². The van der Waals surface area contributed by atoms with Crippen molar-refractivity contribution in [2.45, 2.75) is 6.04 Å². The highest BCUT2D eigenvalue weighted by Gasteiger charge is 2.23. The van der Waals surface area contributed by atoms with Crippen molar-refractivity contribution in [2.24, 2.45) is 4.99 Å². The number of ether oxygens (including phenoxy) is 2. The lowest BCUT2D eigenvalue weighted by atomic mass is 10.2. The van der Waals surface area contributed by atoms with Crippen LogP contribution in [0.2, 0.25) is 0 Å². The van der Waals surface area contributed by atoms with E-state index in [2.05, 4.69) is 38.0 Å². The lowest BCUT2D eigenvalue weighted by molar-refractivity contribution is 0.0177. The fourth-order valence-electron chi connectivity index (χ4n) is 3.10. The van der Waals surface area contributed by atoms with Crippen LogP contribution in [0.4, 0.5) is 8.78 Å². The Balaban J connectivity index is 0.00000320. The van der Waals surface area contributed by atoms with Gasteiger partial charge in [-0.3, -0.25) is 9.89 Å². The first-order chi connectivity index (χ1) is 14.2. The summed E-state index contributed by atoms with van der Waals surface area (Å²) in [6.45, 7) is 4.77. The van der Waals surface area contributed by atoms with Crippen LogP contribution in [0.25, 0.3) is 0 Å². The van der Waals surface area contributed by atoms with Crippen molar-refractivity contribution in [3.8, 4) is 5.75 Å². The number of morpholine rings is 1. The predicted molar refractivity (Wildman–Crippen MR) is 126 cm³/mol. The number of hydrogen-bond donors (Lipinski definition) is 2. The zero-order valence-corrected chi connectivity index (χ0v) is 19.9. The number of nitrogens with one attached hydrogen (secondary N) is 2. The largest absolute Gasteiger partial charge is 0.492 e. The predicted octanol–water partition coefficient (Wildman–Crippen LogP) is 3.26. The van der Waals surface area contributed by atoms with Crippen molar-refractivity contribution in [1.29, 1.82) is 0 Å². The van der Waals surface area contributed by atoms with Crippen LogP contribution < -0.4 is 15.4 Å².